The van der Waals surface area contributed by atoms with E-state index in [0.717, 1.165) is 24.2 Å². The zero-order chi connectivity index (χ0) is 15.5. The molecule has 0 spiro atoms. The summed E-state index contributed by atoms with van der Waals surface area (Å²) in [6.45, 7) is 5.52. The topological polar surface area (TPSA) is 67.6 Å². The van der Waals surface area contributed by atoms with Gasteiger partial charge in [-0.2, -0.15) is 5.06 Å². The van der Waals surface area contributed by atoms with Crippen LogP contribution in [-0.4, -0.2) is 36.8 Å². The second-order valence-corrected chi connectivity index (χ2v) is 5.92. The molecule has 5 heteroatoms. The molecule has 0 aromatic heterocycles. The first-order chi connectivity index (χ1) is 9.92. The van der Waals surface area contributed by atoms with Gasteiger partial charge in [-0.05, 0) is 37.8 Å². The minimum atomic E-state index is -0.621. The van der Waals surface area contributed by atoms with Gasteiger partial charge in [0.1, 0.15) is 0 Å². The summed E-state index contributed by atoms with van der Waals surface area (Å²) in [7, 11) is 1.66. The van der Waals surface area contributed by atoms with E-state index in [9.17, 15) is 4.79 Å². The maximum Gasteiger partial charge on any atom is 0.225 e. The zero-order valence-electron chi connectivity index (χ0n) is 13.1. The Morgan fingerprint density at radius 3 is 2.67 bits per heavy atom. The van der Waals surface area contributed by atoms with E-state index in [1.54, 1.807) is 7.11 Å². The maximum atomic E-state index is 12.3. The Hall–Kier alpha value is -1.43. The molecular weight excluding hydrogens is 266 g/mol. The average molecular weight is 291 g/mol. The first kappa shape index (κ1) is 15.9. The summed E-state index contributed by atoms with van der Waals surface area (Å²) in [4.78, 5) is 17.4. The highest BCUT2D eigenvalue weighted by Gasteiger charge is 2.32. The molecule has 1 aromatic rings. The smallest absolute Gasteiger partial charge is 0.225 e. The van der Waals surface area contributed by atoms with E-state index in [0.29, 0.717) is 19.3 Å². The molecule has 1 aliphatic rings. The third-order valence-corrected chi connectivity index (χ3v) is 4.12. The number of hydrogen-bond acceptors (Lipinski definition) is 4. The normalized spacial score (nSPS) is 18.5. The van der Waals surface area contributed by atoms with Gasteiger partial charge in [0.15, 0.2) is 0 Å². The summed E-state index contributed by atoms with van der Waals surface area (Å²) in [5, 5.41) is 4.85. The van der Waals surface area contributed by atoms with Gasteiger partial charge in [-0.15, -0.1) is 0 Å². The fourth-order valence-corrected chi connectivity index (χ4v) is 2.68. The van der Waals surface area contributed by atoms with Crippen molar-refractivity contribution in [3.63, 3.8) is 0 Å². The van der Waals surface area contributed by atoms with Crippen molar-refractivity contribution in [3.05, 3.63) is 34.9 Å². The fraction of sp³-hybridized carbons (Fsp3) is 0.562. The van der Waals surface area contributed by atoms with Crippen molar-refractivity contribution in [1.29, 1.82) is 0 Å². The molecule has 3 N–H and O–H groups in total. The summed E-state index contributed by atoms with van der Waals surface area (Å²) in [5.41, 5.74) is 9.02. The molecule has 116 valence electrons. The molecule has 1 aromatic carbocycles. The largest absolute Gasteiger partial charge is 0.338 e. The first-order valence-corrected chi connectivity index (χ1v) is 7.37. The van der Waals surface area contributed by atoms with Gasteiger partial charge in [0.25, 0.3) is 0 Å². The van der Waals surface area contributed by atoms with Crippen molar-refractivity contribution < 1.29 is 9.63 Å². The molecule has 0 unspecified atom stereocenters. The molecule has 21 heavy (non-hydrogen) atoms. The Morgan fingerprint density at radius 2 is 2.05 bits per heavy atom. The van der Waals surface area contributed by atoms with Crippen LogP contribution in [0.15, 0.2) is 18.2 Å². The number of carbonyl (C=O) groups is 1. The summed E-state index contributed by atoms with van der Waals surface area (Å²) in [6, 6.07) is 6.17. The number of amides is 1. The lowest BCUT2D eigenvalue weighted by Crippen LogP contribution is -2.61. The van der Waals surface area contributed by atoms with Gasteiger partial charge < -0.3 is 15.9 Å². The molecule has 5 nitrogen and oxygen atoms in total. The predicted octanol–water partition coefficient (Wildman–Crippen LogP) is 1.27. The predicted molar refractivity (Wildman–Crippen MR) is 82.5 cm³/mol. The van der Waals surface area contributed by atoms with Crippen molar-refractivity contribution >= 4 is 5.91 Å². The summed E-state index contributed by atoms with van der Waals surface area (Å²) in [6.07, 6.45) is 1.76. The number of piperidine rings is 1. The summed E-state index contributed by atoms with van der Waals surface area (Å²) in [5.74, 6) is -0.0166. The molecule has 2 rings (SSSR count). The van der Waals surface area contributed by atoms with Crippen LogP contribution >= 0.6 is 0 Å². The van der Waals surface area contributed by atoms with E-state index in [1.165, 1.54) is 5.56 Å². The van der Waals surface area contributed by atoms with Crippen LogP contribution in [0.25, 0.3) is 0 Å². The molecule has 0 saturated carbocycles. The molecule has 1 fully saturated rings. The number of hydroxylamine groups is 2. The summed E-state index contributed by atoms with van der Waals surface area (Å²) < 4.78 is 0. The van der Waals surface area contributed by atoms with Crippen LogP contribution in [0.2, 0.25) is 0 Å². The number of nitrogens with one attached hydrogen (secondary N) is 1. The third kappa shape index (κ3) is 4.27. The van der Waals surface area contributed by atoms with Gasteiger partial charge in [0.05, 0.1) is 19.2 Å². The van der Waals surface area contributed by atoms with Crippen LogP contribution < -0.4 is 11.1 Å². The van der Waals surface area contributed by atoms with Crippen molar-refractivity contribution in [2.45, 2.75) is 38.8 Å². The van der Waals surface area contributed by atoms with Gasteiger partial charge >= 0.3 is 0 Å². The highest BCUT2D eigenvalue weighted by molar-refractivity contribution is 5.79. The monoisotopic (exact) mass is 291 g/mol. The Bertz CT molecular complexity index is 508. The molecule has 0 atom stereocenters. The van der Waals surface area contributed by atoms with Crippen LogP contribution in [-0.2, 0) is 16.1 Å². The Labute approximate surface area is 126 Å². The standard InChI is InChI=1S/C16H25N3O2/c1-12-4-5-13(2)14(10-12)11-15(20)18-16(17)6-8-19(21-3)9-7-16/h4-5,10H,6-9,11,17H2,1-3H3,(H,18,20). The van der Waals surface area contributed by atoms with Gasteiger partial charge in [-0.1, -0.05) is 23.8 Å². The van der Waals surface area contributed by atoms with Crippen molar-refractivity contribution in [1.82, 2.24) is 10.4 Å². The molecule has 0 bridgehead atoms. The highest BCUT2D eigenvalue weighted by Crippen LogP contribution is 2.18. The second kappa shape index (κ2) is 6.56. The van der Waals surface area contributed by atoms with Crippen LogP contribution in [0.3, 0.4) is 0 Å². The fourth-order valence-electron chi connectivity index (χ4n) is 2.68. The zero-order valence-corrected chi connectivity index (χ0v) is 13.1. The number of nitrogens with two attached hydrogens (primary N) is 1. The van der Waals surface area contributed by atoms with Gasteiger partial charge in [-0.3, -0.25) is 4.79 Å². The van der Waals surface area contributed by atoms with E-state index in [2.05, 4.69) is 17.4 Å². The Kier molecular flexibility index (Phi) is 4.98. The van der Waals surface area contributed by atoms with Gasteiger partial charge in [-0.25, -0.2) is 0 Å². The average Bonchev–Trinajstić information content (AvgIpc) is 2.43. The molecule has 1 aliphatic heterocycles. The second-order valence-electron chi connectivity index (χ2n) is 5.92. The maximum absolute atomic E-state index is 12.3. The quantitative estimate of drug-likeness (QED) is 0.820. The summed E-state index contributed by atoms with van der Waals surface area (Å²) >= 11 is 0. The molecular formula is C16H25N3O2. The minimum Gasteiger partial charge on any atom is -0.338 e. The molecule has 0 radical (unpaired) electrons. The number of aryl methyl sites for hydroxylation is 2. The van der Waals surface area contributed by atoms with Crippen LogP contribution in [0.4, 0.5) is 0 Å². The molecule has 1 saturated heterocycles. The lowest BCUT2D eigenvalue weighted by molar-refractivity contribution is -0.154. The van der Waals surface area contributed by atoms with Crippen molar-refractivity contribution in [2.24, 2.45) is 5.73 Å². The Balaban J connectivity index is 1.94. The lowest BCUT2D eigenvalue weighted by atomic mass is 9.97. The van der Waals surface area contributed by atoms with E-state index < -0.39 is 5.66 Å². The lowest BCUT2D eigenvalue weighted by Gasteiger charge is -2.38. The SMILES string of the molecule is CON1CCC(N)(NC(=O)Cc2cc(C)ccc2C)CC1. The number of benzene rings is 1. The van der Waals surface area contributed by atoms with E-state index in [1.807, 2.05) is 25.0 Å². The first-order valence-electron chi connectivity index (χ1n) is 7.37. The van der Waals surface area contributed by atoms with Crippen LogP contribution in [0.1, 0.15) is 29.5 Å². The number of hydrogen-bond donors (Lipinski definition) is 2. The van der Waals surface area contributed by atoms with Gasteiger partial charge in [0, 0.05) is 13.1 Å². The number of carbonyl (C=O) groups excluding carboxylic acids is 1. The highest BCUT2D eigenvalue weighted by atomic mass is 16.7. The van der Waals surface area contributed by atoms with E-state index >= 15 is 0 Å². The van der Waals surface area contributed by atoms with Gasteiger partial charge in [0.2, 0.25) is 5.91 Å². The molecule has 0 aliphatic carbocycles. The Morgan fingerprint density at radius 1 is 1.38 bits per heavy atom. The third-order valence-electron chi connectivity index (χ3n) is 4.12. The number of rotatable bonds is 4. The van der Waals surface area contributed by atoms with Crippen molar-refractivity contribution in [2.75, 3.05) is 20.2 Å². The minimum absolute atomic E-state index is 0.0166. The van der Waals surface area contributed by atoms with Crippen LogP contribution in [0.5, 0.6) is 0 Å². The molecule has 1 heterocycles. The van der Waals surface area contributed by atoms with Crippen LogP contribution in [0, 0.1) is 13.8 Å². The molecule has 1 amide bonds. The van der Waals surface area contributed by atoms with E-state index in [4.69, 9.17) is 10.6 Å². The van der Waals surface area contributed by atoms with Crippen molar-refractivity contribution in [3.8, 4) is 0 Å². The van der Waals surface area contributed by atoms with E-state index in [-0.39, 0.29) is 5.91 Å². The number of nitrogens with zero attached hydrogens (tertiary/aromatic N) is 1.